The van der Waals surface area contributed by atoms with Crippen LogP contribution in [-0.2, 0) is 6.42 Å². The third-order valence-electron chi connectivity index (χ3n) is 7.19. The van der Waals surface area contributed by atoms with E-state index in [4.69, 9.17) is 11.6 Å². The van der Waals surface area contributed by atoms with Gasteiger partial charge >= 0.3 is 0 Å². The molecule has 1 aliphatic heterocycles. The maximum absolute atomic E-state index is 13.8. The number of thioether (sulfide) groups is 1. The third-order valence-corrected chi connectivity index (χ3v) is 8.17. The molecule has 2 heterocycles. The van der Waals surface area contributed by atoms with Crippen LogP contribution >= 0.6 is 23.4 Å². The Morgan fingerprint density at radius 3 is 2.55 bits per heavy atom. The van der Waals surface area contributed by atoms with Crippen molar-refractivity contribution >= 4 is 34.3 Å². The molecule has 4 aromatic rings. The Balaban J connectivity index is 0.00000336. The first-order valence-corrected chi connectivity index (χ1v) is 13.7. The number of hydrogen-bond donors (Lipinski definition) is 3. The SMILES string of the molecule is C.CSc1ccc2[nH]c(=O)c(C(c3ccc(Cl)cc3)C3(O)CCNC(Cc4ccc(F)c(F)c4)C3)cc2c1. The molecular weight excluding hydrogens is 526 g/mol. The van der Waals surface area contributed by atoms with Gasteiger partial charge in [0, 0.05) is 33.0 Å². The number of aliphatic hydroxyl groups is 1. The van der Waals surface area contributed by atoms with E-state index in [0.717, 1.165) is 27.4 Å². The van der Waals surface area contributed by atoms with Gasteiger partial charge in [0.15, 0.2) is 11.6 Å². The quantitative estimate of drug-likeness (QED) is 0.232. The van der Waals surface area contributed by atoms with E-state index in [1.54, 1.807) is 30.0 Å². The largest absolute Gasteiger partial charge is 0.389 e. The summed E-state index contributed by atoms with van der Waals surface area (Å²) in [7, 11) is 0. The van der Waals surface area contributed by atoms with E-state index < -0.39 is 23.2 Å². The molecule has 3 atom stereocenters. The Labute approximate surface area is 230 Å². The minimum absolute atomic E-state index is 0. The number of rotatable bonds is 6. The molecule has 0 amide bonds. The zero-order chi connectivity index (χ0) is 26.2. The minimum atomic E-state index is -1.26. The highest BCUT2D eigenvalue weighted by atomic mass is 35.5. The average molecular weight is 557 g/mol. The molecule has 4 nitrogen and oxygen atoms in total. The zero-order valence-corrected chi connectivity index (χ0v) is 21.8. The maximum atomic E-state index is 13.8. The van der Waals surface area contributed by atoms with Gasteiger partial charge in [-0.2, -0.15) is 0 Å². The lowest BCUT2D eigenvalue weighted by Gasteiger charge is -2.43. The maximum Gasteiger partial charge on any atom is 0.252 e. The molecular formula is C30H31ClF2N2O2S. The summed E-state index contributed by atoms with van der Waals surface area (Å²) < 4.78 is 27.3. The van der Waals surface area contributed by atoms with Gasteiger partial charge in [0.05, 0.1) is 5.60 Å². The van der Waals surface area contributed by atoms with Crippen molar-refractivity contribution in [3.8, 4) is 0 Å². The lowest BCUT2D eigenvalue weighted by Crippen LogP contribution is -2.52. The van der Waals surface area contributed by atoms with Crippen LogP contribution in [0, 0.1) is 11.6 Å². The van der Waals surface area contributed by atoms with E-state index in [-0.39, 0.29) is 19.0 Å². The molecule has 8 heteroatoms. The van der Waals surface area contributed by atoms with Crippen LogP contribution in [0.3, 0.4) is 0 Å². The Kier molecular flexibility index (Phi) is 8.62. The summed E-state index contributed by atoms with van der Waals surface area (Å²) in [6.45, 7) is 0.511. The first-order chi connectivity index (χ1) is 17.8. The first kappa shape index (κ1) is 28.3. The predicted molar refractivity (Wildman–Crippen MR) is 152 cm³/mol. The molecule has 3 unspecified atom stereocenters. The van der Waals surface area contributed by atoms with Crippen molar-refractivity contribution in [2.24, 2.45) is 0 Å². The molecule has 1 aromatic heterocycles. The minimum Gasteiger partial charge on any atom is -0.389 e. The molecule has 0 aliphatic carbocycles. The number of nitrogens with one attached hydrogen (secondary N) is 2. The number of halogens is 3. The number of hydrogen-bond acceptors (Lipinski definition) is 4. The van der Waals surface area contributed by atoms with Crippen molar-refractivity contribution in [1.82, 2.24) is 10.3 Å². The first-order valence-electron chi connectivity index (χ1n) is 12.1. The van der Waals surface area contributed by atoms with Crippen LogP contribution in [-0.4, -0.2) is 34.5 Å². The zero-order valence-electron chi connectivity index (χ0n) is 20.2. The van der Waals surface area contributed by atoms with Gasteiger partial charge in [0.1, 0.15) is 0 Å². The Hall–Kier alpha value is -2.71. The standard InChI is InChI=1S/C29H27ClF2N2O2S.CH4/c1-37-22-7-9-26-19(14-22)15-23(28(35)34-26)27(18-3-5-20(30)6-4-18)29(36)10-11-33-21(16-29)12-17-2-8-24(31)25(32)13-17;/h2-9,13-15,21,27,33,36H,10-12,16H2,1H3,(H,34,35);1H4. The van der Waals surface area contributed by atoms with Gasteiger partial charge < -0.3 is 15.4 Å². The predicted octanol–water partition coefficient (Wildman–Crippen LogP) is 6.68. The number of piperidine rings is 1. The fraction of sp³-hybridized carbons (Fsp3) is 0.300. The second-order valence-corrected chi connectivity index (χ2v) is 11.0. The highest BCUT2D eigenvalue weighted by Gasteiger charge is 2.43. The van der Waals surface area contributed by atoms with E-state index >= 15 is 0 Å². The average Bonchev–Trinajstić information content (AvgIpc) is 2.87. The molecule has 1 fully saturated rings. The molecule has 0 radical (unpaired) electrons. The molecule has 0 saturated carbocycles. The van der Waals surface area contributed by atoms with E-state index in [0.29, 0.717) is 42.0 Å². The molecule has 0 bridgehead atoms. The molecule has 0 spiro atoms. The van der Waals surface area contributed by atoms with Crippen molar-refractivity contribution in [3.05, 3.63) is 110 Å². The van der Waals surface area contributed by atoms with Crippen molar-refractivity contribution < 1.29 is 13.9 Å². The van der Waals surface area contributed by atoms with Gasteiger partial charge in [-0.05, 0) is 97.1 Å². The topological polar surface area (TPSA) is 65.1 Å². The van der Waals surface area contributed by atoms with Gasteiger partial charge in [0.25, 0.3) is 5.56 Å². The van der Waals surface area contributed by atoms with E-state index in [1.165, 1.54) is 6.07 Å². The van der Waals surface area contributed by atoms with Gasteiger partial charge in [-0.1, -0.05) is 37.2 Å². The number of pyridine rings is 1. The fourth-order valence-electron chi connectivity index (χ4n) is 5.43. The Bertz CT molecular complexity index is 1490. The van der Waals surface area contributed by atoms with Crippen LogP contribution in [0.2, 0.25) is 5.02 Å². The summed E-state index contributed by atoms with van der Waals surface area (Å²) in [5.74, 6) is -2.40. The normalized spacial score (nSPS) is 20.2. The van der Waals surface area contributed by atoms with Crippen LogP contribution in [0.15, 0.2) is 76.4 Å². The van der Waals surface area contributed by atoms with Crippen molar-refractivity contribution in [1.29, 1.82) is 0 Å². The molecule has 1 aliphatic rings. The van der Waals surface area contributed by atoms with Gasteiger partial charge in [-0.15, -0.1) is 11.8 Å². The summed E-state index contributed by atoms with van der Waals surface area (Å²) in [5.41, 5.74) is 1.11. The van der Waals surface area contributed by atoms with Crippen LogP contribution < -0.4 is 10.9 Å². The number of aromatic amines is 1. The highest BCUT2D eigenvalue weighted by Crippen LogP contribution is 2.41. The summed E-state index contributed by atoms with van der Waals surface area (Å²) in [4.78, 5) is 17.5. The monoisotopic (exact) mass is 556 g/mol. The molecule has 38 heavy (non-hydrogen) atoms. The van der Waals surface area contributed by atoms with Gasteiger partial charge in [-0.3, -0.25) is 4.79 Å². The Morgan fingerprint density at radius 1 is 1.08 bits per heavy atom. The summed E-state index contributed by atoms with van der Waals surface area (Å²) in [6.07, 6.45) is 3.14. The lowest BCUT2D eigenvalue weighted by molar-refractivity contribution is -0.0188. The number of aromatic nitrogens is 1. The molecule has 3 aromatic carbocycles. The van der Waals surface area contributed by atoms with Crippen LogP contribution in [0.1, 0.15) is 42.9 Å². The fourth-order valence-corrected chi connectivity index (χ4v) is 6.00. The summed E-state index contributed by atoms with van der Waals surface area (Å²) in [6, 6.07) is 18.6. The van der Waals surface area contributed by atoms with E-state index in [1.807, 2.05) is 42.7 Å². The van der Waals surface area contributed by atoms with Gasteiger partial charge in [-0.25, -0.2) is 8.78 Å². The van der Waals surface area contributed by atoms with E-state index in [9.17, 15) is 18.7 Å². The van der Waals surface area contributed by atoms with Crippen molar-refractivity contribution in [2.45, 2.75) is 49.1 Å². The third kappa shape index (κ3) is 5.81. The molecule has 1 saturated heterocycles. The molecule has 3 N–H and O–H groups in total. The highest BCUT2D eigenvalue weighted by molar-refractivity contribution is 7.98. The second kappa shape index (κ2) is 11.6. The number of H-pyrrole nitrogens is 1. The number of benzene rings is 3. The molecule has 5 rings (SSSR count). The van der Waals surface area contributed by atoms with Crippen molar-refractivity contribution in [2.75, 3.05) is 12.8 Å². The lowest BCUT2D eigenvalue weighted by atomic mass is 9.70. The van der Waals surface area contributed by atoms with Gasteiger partial charge in [0.2, 0.25) is 0 Å². The van der Waals surface area contributed by atoms with Crippen LogP contribution in [0.4, 0.5) is 8.78 Å². The van der Waals surface area contributed by atoms with E-state index in [2.05, 4.69) is 10.3 Å². The second-order valence-electron chi connectivity index (χ2n) is 9.65. The smallest absolute Gasteiger partial charge is 0.252 e. The van der Waals surface area contributed by atoms with Crippen LogP contribution in [0.25, 0.3) is 10.9 Å². The Morgan fingerprint density at radius 2 is 1.84 bits per heavy atom. The van der Waals surface area contributed by atoms with Crippen LogP contribution in [0.5, 0.6) is 0 Å². The summed E-state index contributed by atoms with van der Waals surface area (Å²) in [5, 5.41) is 17.0. The molecule has 200 valence electrons. The van der Waals surface area contributed by atoms with Crippen molar-refractivity contribution in [3.63, 3.8) is 0 Å². The number of fused-ring (bicyclic) bond motifs is 1. The summed E-state index contributed by atoms with van der Waals surface area (Å²) >= 11 is 7.78.